The molecule has 0 aromatic heterocycles. The summed E-state index contributed by atoms with van der Waals surface area (Å²) in [4.78, 5) is 29.9. The predicted molar refractivity (Wildman–Crippen MR) is 129 cm³/mol. The third-order valence-corrected chi connectivity index (χ3v) is 7.02. The Balaban J connectivity index is 1.34. The summed E-state index contributed by atoms with van der Waals surface area (Å²) in [6, 6.07) is 27.4. The number of benzene rings is 3. The van der Waals surface area contributed by atoms with Crippen LogP contribution in [0.25, 0.3) is 0 Å². The maximum Gasteiger partial charge on any atom is 0.318 e. The van der Waals surface area contributed by atoms with Crippen LogP contribution in [0.1, 0.15) is 34.3 Å². The molecule has 2 saturated heterocycles. The van der Waals surface area contributed by atoms with Crippen molar-refractivity contribution in [1.82, 2.24) is 15.1 Å². The fourth-order valence-electron chi connectivity index (χ4n) is 5.04. The van der Waals surface area contributed by atoms with Crippen molar-refractivity contribution >= 4 is 23.5 Å². The Labute approximate surface area is 199 Å². The van der Waals surface area contributed by atoms with E-state index < -0.39 is 5.54 Å². The Morgan fingerprint density at radius 3 is 2.06 bits per heavy atom. The highest BCUT2D eigenvalue weighted by Crippen LogP contribution is 2.36. The van der Waals surface area contributed by atoms with Crippen molar-refractivity contribution in [3.63, 3.8) is 0 Å². The Morgan fingerprint density at radius 1 is 0.879 bits per heavy atom. The summed E-state index contributed by atoms with van der Waals surface area (Å²) in [5, 5.41) is 3.86. The van der Waals surface area contributed by atoms with Crippen LogP contribution in [0.2, 0.25) is 5.02 Å². The SMILES string of the molecule is O=C(c1cccc(Cl)c1)N1CCC(N2CC(c3ccccc3)(c3ccccc3)NC2=O)CC1. The van der Waals surface area contributed by atoms with Gasteiger partial charge in [0, 0.05) is 29.7 Å². The van der Waals surface area contributed by atoms with Gasteiger partial charge in [0.05, 0.1) is 6.54 Å². The second kappa shape index (κ2) is 8.91. The summed E-state index contributed by atoms with van der Waals surface area (Å²) in [5.41, 5.74) is 2.15. The highest BCUT2D eigenvalue weighted by molar-refractivity contribution is 6.30. The van der Waals surface area contributed by atoms with Crippen molar-refractivity contribution in [2.24, 2.45) is 0 Å². The van der Waals surface area contributed by atoms with Crippen molar-refractivity contribution in [1.29, 1.82) is 0 Å². The zero-order valence-electron chi connectivity index (χ0n) is 18.3. The molecule has 2 aliphatic rings. The first-order chi connectivity index (χ1) is 16.1. The second-order valence-corrected chi connectivity index (χ2v) is 9.17. The average molecular weight is 460 g/mol. The molecule has 5 nitrogen and oxygen atoms in total. The van der Waals surface area contributed by atoms with Crippen LogP contribution in [0.5, 0.6) is 0 Å². The fourth-order valence-corrected chi connectivity index (χ4v) is 5.23. The van der Waals surface area contributed by atoms with E-state index in [0.29, 0.717) is 30.2 Å². The molecule has 0 saturated carbocycles. The van der Waals surface area contributed by atoms with Gasteiger partial charge in [0.2, 0.25) is 0 Å². The summed E-state index contributed by atoms with van der Waals surface area (Å²) >= 11 is 6.06. The second-order valence-electron chi connectivity index (χ2n) is 8.73. The number of hydrogen-bond acceptors (Lipinski definition) is 2. The van der Waals surface area contributed by atoms with Gasteiger partial charge < -0.3 is 15.1 Å². The molecule has 168 valence electrons. The zero-order valence-corrected chi connectivity index (χ0v) is 19.0. The van der Waals surface area contributed by atoms with Gasteiger partial charge in [0.15, 0.2) is 0 Å². The van der Waals surface area contributed by atoms with Crippen molar-refractivity contribution < 1.29 is 9.59 Å². The normalized spacial score (nSPS) is 18.3. The minimum absolute atomic E-state index is 0.00950. The first-order valence-corrected chi connectivity index (χ1v) is 11.7. The first kappa shape index (κ1) is 21.5. The number of likely N-dealkylation sites (tertiary alicyclic amines) is 1. The van der Waals surface area contributed by atoms with Gasteiger partial charge in [-0.25, -0.2) is 4.79 Å². The van der Waals surface area contributed by atoms with Crippen LogP contribution in [-0.4, -0.2) is 47.4 Å². The number of piperidine rings is 1. The molecule has 3 aromatic rings. The molecule has 2 heterocycles. The lowest BCUT2D eigenvalue weighted by Crippen LogP contribution is -2.47. The van der Waals surface area contributed by atoms with Crippen LogP contribution < -0.4 is 5.32 Å². The molecular weight excluding hydrogens is 434 g/mol. The van der Waals surface area contributed by atoms with E-state index in [1.165, 1.54) is 0 Å². The molecule has 2 aliphatic heterocycles. The number of urea groups is 1. The summed E-state index contributed by atoms with van der Waals surface area (Å²) in [5.74, 6) is -0.00950. The topological polar surface area (TPSA) is 52.7 Å². The maximum absolute atomic E-state index is 13.2. The molecule has 3 amide bonds. The molecule has 2 fully saturated rings. The third-order valence-electron chi connectivity index (χ3n) is 6.79. The number of hydrogen-bond donors (Lipinski definition) is 1. The van der Waals surface area contributed by atoms with Gasteiger partial charge in [-0.3, -0.25) is 4.79 Å². The monoisotopic (exact) mass is 459 g/mol. The van der Waals surface area contributed by atoms with Crippen molar-refractivity contribution in [3.8, 4) is 0 Å². The quantitative estimate of drug-likeness (QED) is 0.602. The lowest BCUT2D eigenvalue weighted by molar-refractivity contribution is 0.0662. The predicted octanol–water partition coefficient (Wildman–Crippen LogP) is 4.91. The Hall–Kier alpha value is -3.31. The third kappa shape index (κ3) is 4.09. The highest BCUT2D eigenvalue weighted by Gasteiger charge is 2.47. The summed E-state index contributed by atoms with van der Waals surface area (Å²) < 4.78 is 0. The smallest absolute Gasteiger partial charge is 0.318 e. The van der Waals surface area contributed by atoms with Gasteiger partial charge in [0.25, 0.3) is 5.91 Å². The number of nitrogens with zero attached hydrogens (tertiary/aromatic N) is 2. The Bertz CT molecular complexity index is 1100. The molecular formula is C27H26ClN3O2. The molecule has 33 heavy (non-hydrogen) atoms. The fraction of sp³-hybridized carbons (Fsp3) is 0.259. The van der Waals surface area contributed by atoms with E-state index in [2.05, 4.69) is 29.6 Å². The lowest BCUT2D eigenvalue weighted by atomic mass is 9.83. The first-order valence-electron chi connectivity index (χ1n) is 11.3. The van der Waals surface area contributed by atoms with Crippen molar-refractivity contribution in [3.05, 3.63) is 107 Å². The minimum atomic E-state index is -0.590. The van der Waals surface area contributed by atoms with Crippen LogP contribution >= 0.6 is 11.6 Å². The lowest BCUT2D eigenvalue weighted by Gasteiger charge is -2.37. The zero-order chi connectivity index (χ0) is 22.8. The number of halogens is 1. The molecule has 0 spiro atoms. The van der Waals surface area contributed by atoms with Crippen LogP contribution in [0, 0.1) is 0 Å². The number of carbonyl (C=O) groups excluding carboxylic acids is 2. The molecule has 0 unspecified atom stereocenters. The highest BCUT2D eigenvalue weighted by atomic mass is 35.5. The Kier molecular flexibility index (Phi) is 5.81. The maximum atomic E-state index is 13.2. The molecule has 0 atom stereocenters. The molecule has 0 aliphatic carbocycles. The van der Waals surface area contributed by atoms with Gasteiger partial charge in [-0.1, -0.05) is 78.3 Å². The number of rotatable bonds is 4. The molecule has 5 rings (SSSR count). The van der Waals surface area contributed by atoms with Gasteiger partial charge in [-0.15, -0.1) is 0 Å². The van der Waals surface area contributed by atoms with Crippen LogP contribution in [-0.2, 0) is 5.54 Å². The van der Waals surface area contributed by atoms with Crippen LogP contribution in [0.3, 0.4) is 0 Å². The largest absolute Gasteiger partial charge is 0.338 e. The molecule has 0 radical (unpaired) electrons. The average Bonchev–Trinajstić information content (AvgIpc) is 3.23. The van der Waals surface area contributed by atoms with E-state index in [1.54, 1.807) is 24.3 Å². The summed E-state index contributed by atoms with van der Waals surface area (Å²) in [6.07, 6.45) is 1.50. The van der Waals surface area contributed by atoms with E-state index in [9.17, 15) is 9.59 Å². The van der Waals surface area contributed by atoms with E-state index in [1.807, 2.05) is 46.2 Å². The van der Waals surface area contributed by atoms with Crippen LogP contribution in [0.15, 0.2) is 84.9 Å². The van der Waals surface area contributed by atoms with Gasteiger partial charge in [-0.05, 0) is 42.2 Å². The van der Waals surface area contributed by atoms with E-state index in [-0.39, 0.29) is 18.0 Å². The molecule has 3 aromatic carbocycles. The minimum Gasteiger partial charge on any atom is -0.338 e. The van der Waals surface area contributed by atoms with Gasteiger partial charge in [0.1, 0.15) is 5.54 Å². The van der Waals surface area contributed by atoms with Gasteiger partial charge in [-0.2, -0.15) is 0 Å². The molecule has 0 bridgehead atoms. The Morgan fingerprint density at radius 2 is 1.48 bits per heavy atom. The van der Waals surface area contributed by atoms with Gasteiger partial charge >= 0.3 is 6.03 Å². The van der Waals surface area contributed by atoms with Crippen molar-refractivity contribution in [2.75, 3.05) is 19.6 Å². The number of nitrogens with one attached hydrogen (secondary N) is 1. The number of carbonyl (C=O) groups is 2. The number of amides is 3. The molecule has 6 heteroatoms. The van der Waals surface area contributed by atoms with E-state index in [4.69, 9.17) is 11.6 Å². The standard InChI is InChI=1S/C27H26ClN3O2/c28-23-13-7-8-20(18-23)25(32)30-16-14-24(15-17-30)31-19-27(29-26(31)33,21-9-3-1-4-10-21)22-11-5-2-6-12-22/h1-13,18,24H,14-17,19H2,(H,29,33). The molecule has 1 N–H and O–H groups in total. The van der Waals surface area contributed by atoms with E-state index in [0.717, 1.165) is 24.0 Å². The summed E-state index contributed by atoms with van der Waals surface area (Å²) in [6.45, 7) is 1.79. The van der Waals surface area contributed by atoms with Crippen LogP contribution in [0.4, 0.5) is 4.79 Å². The summed E-state index contributed by atoms with van der Waals surface area (Å²) in [7, 11) is 0. The van der Waals surface area contributed by atoms with E-state index >= 15 is 0 Å². The van der Waals surface area contributed by atoms with Crippen molar-refractivity contribution in [2.45, 2.75) is 24.4 Å².